The van der Waals surface area contributed by atoms with E-state index in [1.807, 2.05) is 0 Å². The predicted molar refractivity (Wildman–Crippen MR) is 91.2 cm³/mol. The van der Waals surface area contributed by atoms with Crippen LogP contribution in [0.15, 0.2) is 36.4 Å². The van der Waals surface area contributed by atoms with Gasteiger partial charge in [-0.15, -0.1) is 0 Å². The SMILES string of the molecule is O=C(c1cc([N+](=O)[O-])cc([N+](=O)[O-])c1)N1CCCc2cc(Cl)ccc21. The maximum atomic E-state index is 12.8. The molecule has 0 radical (unpaired) electrons. The molecule has 0 aliphatic carbocycles. The fourth-order valence-electron chi connectivity index (χ4n) is 2.86. The topological polar surface area (TPSA) is 107 Å². The van der Waals surface area contributed by atoms with Crippen molar-refractivity contribution in [1.29, 1.82) is 0 Å². The molecule has 0 fully saturated rings. The van der Waals surface area contributed by atoms with Gasteiger partial charge in [-0.05, 0) is 36.6 Å². The zero-order valence-electron chi connectivity index (χ0n) is 12.8. The summed E-state index contributed by atoms with van der Waals surface area (Å²) in [6.07, 6.45) is 1.46. The van der Waals surface area contributed by atoms with Gasteiger partial charge in [0.2, 0.25) is 0 Å². The molecule has 0 unspecified atom stereocenters. The first-order valence-corrected chi connectivity index (χ1v) is 7.79. The monoisotopic (exact) mass is 361 g/mol. The molecule has 1 amide bonds. The highest BCUT2D eigenvalue weighted by Gasteiger charge is 2.27. The van der Waals surface area contributed by atoms with E-state index in [1.54, 1.807) is 18.2 Å². The van der Waals surface area contributed by atoms with Gasteiger partial charge in [0.15, 0.2) is 0 Å². The standard InChI is InChI=1S/C16H12ClN3O5/c17-12-3-4-15-10(6-12)2-1-5-18(15)16(21)11-7-13(19(22)23)9-14(8-11)20(24)25/h3-4,6-9H,1-2,5H2. The van der Waals surface area contributed by atoms with E-state index >= 15 is 0 Å². The third kappa shape index (κ3) is 3.29. The molecule has 0 saturated carbocycles. The molecule has 8 nitrogen and oxygen atoms in total. The Morgan fingerprint density at radius 3 is 2.28 bits per heavy atom. The van der Waals surface area contributed by atoms with Gasteiger partial charge in [0.1, 0.15) is 0 Å². The molecule has 0 atom stereocenters. The van der Waals surface area contributed by atoms with Crippen LogP contribution >= 0.6 is 11.6 Å². The molecular formula is C16H12ClN3O5. The van der Waals surface area contributed by atoms with Crippen LogP contribution < -0.4 is 4.90 Å². The predicted octanol–water partition coefficient (Wildman–Crippen LogP) is 3.75. The first-order valence-electron chi connectivity index (χ1n) is 7.41. The number of rotatable bonds is 3. The molecule has 128 valence electrons. The van der Waals surface area contributed by atoms with Crippen LogP contribution in [0.3, 0.4) is 0 Å². The van der Waals surface area contributed by atoms with Crippen molar-refractivity contribution < 1.29 is 14.6 Å². The smallest absolute Gasteiger partial charge is 0.277 e. The Balaban J connectivity index is 2.05. The fraction of sp³-hybridized carbons (Fsp3) is 0.188. The van der Waals surface area contributed by atoms with Crippen LogP contribution in [-0.4, -0.2) is 22.3 Å². The summed E-state index contributed by atoms with van der Waals surface area (Å²) in [6, 6.07) is 8.08. The summed E-state index contributed by atoms with van der Waals surface area (Å²) in [4.78, 5) is 34.8. The van der Waals surface area contributed by atoms with E-state index in [2.05, 4.69) is 0 Å². The van der Waals surface area contributed by atoms with Gasteiger partial charge in [0, 0.05) is 29.4 Å². The minimum atomic E-state index is -0.756. The zero-order valence-corrected chi connectivity index (χ0v) is 13.6. The van der Waals surface area contributed by atoms with Crippen LogP contribution in [0.2, 0.25) is 5.02 Å². The lowest BCUT2D eigenvalue weighted by molar-refractivity contribution is -0.394. The van der Waals surface area contributed by atoms with Gasteiger partial charge >= 0.3 is 0 Å². The maximum absolute atomic E-state index is 12.8. The minimum absolute atomic E-state index is 0.0938. The lowest BCUT2D eigenvalue weighted by Gasteiger charge is -2.29. The van der Waals surface area contributed by atoms with Crippen LogP contribution in [0.5, 0.6) is 0 Å². The largest absolute Gasteiger partial charge is 0.308 e. The van der Waals surface area contributed by atoms with Gasteiger partial charge in [0.05, 0.1) is 21.5 Å². The quantitative estimate of drug-likeness (QED) is 0.611. The number of carbonyl (C=O) groups excluding carboxylic acids is 1. The van der Waals surface area contributed by atoms with E-state index in [4.69, 9.17) is 11.6 Å². The molecule has 0 N–H and O–H groups in total. The van der Waals surface area contributed by atoms with Crippen molar-refractivity contribution in [2.24, 2.45) is 0 Å². The fourth-order valence-corrected chi connectivity index (χ4v) is 3.06. The van der Waals surface area contributed by atoms with E-state index in [9.17, 15) is 25.0 Å². The summed E-state index contributed by atoms with van der Waals surface area (Å²) >= 11 is 5.98. The van der Waals surface area contributed by atoms with Crippen LogP contribution in [0.25, 0.3) is 0 Å². The minimum Gasteiger partial charge on any atom is -0.308 e. The molecule has 1 heterocycles. The number of fused-ring (bicyclic) bond motifs is 1. The lowest BCUT2D eigenvalue weighted by Crippen LogP contribution is -2.35. The summed E-state index contributed by atoms with van der Waals surface area (Å²) in [5.41, 5.74) is 0.474. The number of anilines is 1. The summed E-state index contributed by atoms with van der Waals surface area (Å²) in [7, 11) is 0. The summed E-state index contributed by atoms with van der Waals surface area (Å²) in [5.74, 6) is -0.518. The van der Waals surface area contributed by atoms with Crippen molar-refractivity contribution in [2.45, 2.75) is 12.8 Å². The number of nitro groups is 2. The molecule has 0 spiro atoms. The Bertz CT molecular complexity index is 867. The van der Waals surface area contributed by atoms with E-state index in [0.717, 1.165) is 30.2 Å². The number of hydrogen-bond donors (Lipinski definition) is 0. The average molecular weight is 362 g/mol. The Morgan fingerprint density at radius 1 is 1.04 bits per heavy atom. The third-order valence-electron chi connectivity index (χ3n) is 3.98. The Hall–Kier alpha value is -3.00. The summed E-state index contributed by atoms with van der Waals surface area (Å²) in [6.45, 7) is 0.421. The number of halogens is 1. The van der Waals surface area contributed by atoms with Crippen LogP contribution in [0.1, 0.15) is 22.3 Å². The Labute approximate surface area is 146 Å². The second kappa shape index (κ2) is 6.48. The van der Waals surface area contributed by atoms with Gasteiger partial charge in [-0.2, -0.15) is 0 Å². The molecule has 3 rings (SSSR count). The lowest BCUT2D eigenvalue weighted by atomic mass is 10.0. The summed E-state index contributed by atoms with van der Waals surface area (Å²) < 4.78 is 0. The van der Waals surface area contributed by atoms with Crippen molar-refractivity contribution in [1.82, 2.24) is 0 Å². The van der Waals surface area contributed by atoms with Crippen molar-refractivity contribution in [3.8, 4) is 0 Å². The van der Waals surface area contributed by atoms with E-state index in [-0.39, 0.29) is 5.56 Å². The highest BCUT2D eigenvalue weighted by Crippen LogP contribution is 2.32. The van der Waals surface area contributed by atoms with Crippen molar-refractivity contribution in [2.75, 3.05) is 11.4 Å². The van der Waals surface area contributed by atoms with E-state index in [1.165, 1.54) is 4.90 Å². The molecular weight excluding hydrogens is 350 g/mol. The highest BCUT2D eigenvalue weighted by atomic mass is 35.5. The van der Waals surface area contributed by atoms with E-state index < -0.39 is 27.1 Å². The summed E-state index contributed by atoms with van der Waals surface area (Å²) in [5, 5.41) is 22.6. The number of amides is 1. The van der Waals surface area contributed by atoms with Crippen LogP contribution in [-0.2, 0) is 6.42 Å². The van der Waals surface area contributed by atoms with Crippen LogP contribution in [0.4, 0.5) is 17.1 Å². The Morgan fingerprint density at radius 2 is 1.68 bits per heavy atom. The molecule has 25 heavy (non-hydrogen) atoms. The number of aryl methyl sites for hydroxylation is 1. The third-order valence-corrected chi connectivity index (χ3v) is 4.21. The van der Waals surface area contributed by atoms with Crippen LogP contribution in [0, 0.1) is 20.2 Å². The van der Waals surface area contributed by atoms with Gasteiger partial charge in [-0.25, -0.2) is 0 Å². The van der Waals surface area contributed by atoms with Crippen molar-refractivity contribution >= 4 is 34.6 Å². The first-order chi connectivity index (χ1) is 11.9. The van der Waals surface area contributed by atoms with Gasteiger partial charge < -0.3 is 4.90 Å². The van der Waals surface area contributed by atoms with Gasteiger partial charge in [-0.1, -0.05) is 11.6 Å². The molecule has 0 aromatic heterocycles. The average Bonchev–Trinajstić information content (AvgIpc) is 2.59. The van der Waals surface area contributed by atoms with Gasteiger partial charge in [0.25, 0.3) is 17.3 Å². The molecule has 2 aromatic carbocycles. The number of benzene rings is 2. The van der Waals surface area contributed by atoms with E-state index in [0.29, 0.717) is 23.7 Å². The highest BCUT2D eigenvalue weighted by molar-refractivity contribution is 6.30. The molecule has 0 saturated heterocycles. The number of nitro benzene ring substituents is 2. The van der Waals surface area contributed by atoms with Crippen molar-refractivity contribution in [3.05, 3.63) is 72.8 Å². The normalized spacial score (nSPS) is 13.2. The molecule has 2 aromatic rings. The molecule has 1 aliphatic rings. The van der Waals surface area contributed by atoms with Crippen molar-refractivity contribution in [3.63, 3.8) is 0 Å². The second-order valence-corrected chi connectivity index (χ2v) is 6.02. The number of hydrogen-bond acceptors (Lipinski definition) is 5. The number of nitrogens with zero attached hydrogens (tertiary/aromatic N) is 3. The van der Waals surface area contributed by atoms with Gasteiger partial charge in [-0.3, -0.25) is 25.0 Å². The molecule has 0 bridgehead atoms. The maximum Gasteiger partial charge on any atom is 0.277 e. The molecule has 1 aliphatic heterocycles. The second-order valence-electron chi connectivity index (χ2n) is 5.59. The Kier molecular flexibility index (Phi) is 4.37. The number of carbonyl (C=O) groups is 1. The first kappa shape index (κ1) is 16.8. The zero-order chi connectivity index (χ0) is 18.1. The number of non-ortho nitro benzene ring substituents is 2. The molecule has 9 heteroatoms.